The topological polar surface area (TPSA) is 61.9 Å². The maximum Gasteiger partial charge on any atom is 0.185 e. The summed E-state index contributed by atoms with van der Waals surface area (Å²) in [6.45, 7) is 0.788. The van der Waals surface area contributed by atoms with Crippen LogP contribution in [0.15, 0.2) is 0 Å². The van der Waals surface area contributed by atoms with Gasteiger partial charge < -0.3 is 11.1 Å². The Morgan fingerprint density at radius 1 is 1.75 bits per heavy atom. The first kappa shape index (κ1) is 11.5. The van der Waals surface area contributed by atoms with E-state index < -0.39 is 0 Å². The smallest absolute Gasteiger partial charge is 0.185 e. The zero-order valence-corrected chi connectivity index (χ0v) is 8.77. The summed E-state index contributed by atoms with van der Waals surface area (Å²) in [6, 6.07) is 0. The fourth-order valence-electron chi connectivity index (χ4n) is 0.182. The molecule has 0 aromatic carbocycles. The first-order valence-corrected chi connectivity index (χ1v) is 3.44. The Balaban J connectivity index is 0. The second-order valence-corrected chi connectivity index (χ2v) is 2.11. The highest BCUT2D eigenvalue weighted by Crippen LogP contribution is 1.73. The highest BCUT2D eigenvalue weighted by Gasteiger charge is 1.80. The molecule has 3 nitrogen and oxygen atoms in total. The number of rotatable bonds is 2. The lowest BCUT2D eigenvalue weighted by atomic mass is 10.7. The minimum atomic E-state index is 0. The van der Waals surface area contributed by atoms with E-state index in [2.05, 4.69) is 27.9 Å². The normalized spacial score (nSPS) is 7.12. The van der Waals surface area contributed by atoms with E-state index in [1.165, 1.54) is 0 Å². The molecule has 0 aliphatic heterocycles. The van der Waals surface area contributed by atoms with E-state index in [9.17, 15) is 0 Å². The van der Waals surface area contributed by atoms with Crippen LogP contribution in [0.1, 0.15) is 0 Å². The van der Waals surface area contributed by atoms with Crippen molar-refractivity contribution in [3.8, 4) is 0 Å². The van der Waals surface area contributed by atoms with Crippen LogP contribution in [0.3, 0.4) is 0 Å². The Bertz CT molecular complexity index is 65.5. The highest BCUT2D eigenvalue weighted by atomic mass is 127. The molecule has 0 aromatic heterocycles. The van der Waals surface area contributed by atoms with Crippen molar-refractivity contribution in [3.05, 3.63) is 0 Å². The van der Waals surface area contributed by atoms with E-state index in [-0.39, 0.29) is 29.9 Å². The summed E-state index contributed by atoms with van der Waals surface area (Å²) in [7, 11) is 0. The van der Waals surface area contributed by atoms with E-state index in [0.29, 0.717) is 0 Å². The Morgan fingerprint density at radius 3 is 2.38 bits per heavy atom. The largest absolute Gasteiger partial charge is 0.370 e. The van der Waals surface area contributed by atoms with Gasteiger partial charge in [-0.2, -0.15) is 0 Å². The molecule has 0 radical (unpaired) electrons. The molecule has 50 valence electrons. The van der Waals surface area contributed by atoms with Crippen LogP contribution in [0, 0.1) is 5.41 Å². The van der Waals surface area contributed by atoms with Crippen LogP contribution in [-0.2, 0) is 0 Å². The van der Waals surface area contributed by atoms with Gasteiger partial charge in [0.15, 0.2) is 5.96 Å². The molecule has 0 atom stereocenters. The van der Waals surface area contributed by atoms with Gasteiger partial charge in [0.25, 0.3) is 0 Å². The maximum absolute atomic E-state index is 6.66. The van der Waals surface area contributed by atoms with Gasteiger partial charge in [-0.15, -0.1) is 24.0 Å². The molecule has 8 heavy (non-hydrogen) atoms. The average Bonchev–Trinajstić information content (AvgIpc) is 1.61. The van der Waals surface area contributed by atoms with E-state index in [4.69, 9.17) is 11.1 Å². The van der Waals surface area contributed by atoms with E-state index >= 15 is 0 Å². The van der Waals surface area contributed by atoms with Crippen molar-refractivity contribution in [2.75, 3.05) is 11.0 Å². The van der Waals surface area contributed by atoms with Crippen molar-refractivity contribution in [2.45, 2.75) is 0 Å². The van der Waals surface area contributed by atoms with Crippen molar-refractivity contribution in [1.82, 2.24) is 5.32 Å². The summed E-state index contributed by atoms with van der Waals surface area (Å²) in [5, 5.41) is 9.31. The molecule has 4 N–H and O–H groups in total. The van der Waals surface area contributed by atoms with Gasteiger partial charge in [-0.25, -0.2) is 0 Å². The molecule has 0 saturated heterocycles. The molecule has 0 fully saturated rings. The summed E-state index contributed by atoms with van der Waals surface area (Å²) < 4.78 is 0.983. The molecule has 0 aromatic rings. The van der Waals surface area contributed by atoms with E-state index in [1.54, 1.807) is 0 Å². The Kier molecular flexibility index (Phi) is 11.1. The molecule has 0 heterocycles. The third-order valence-corrected chi connectivity index (χ3v) is 0.949. The number of nitrogens with one attached hydrogen (secondary N) is 2. The summed E-state index contributed by atoms with van der Waals surface area (Å²) in [6.07, 6.45) is 0. The first-order valence-electron chi connectivity index (χ1n) is 1.91. The SMILES string of the molecule is I.N=C(N)NCCI. The number of hydrogen-bond donors (Lipinski definition) is 3. The van der Waals surface area contributed by atoms with Gasteiger partial charge in [0.05, 0.1) is 0 Å². The second-order valence-electron chi connectivity index (χ2n) is 1.03. The van der Waals surface area contributed by atoms with Gasteiger partial charge in [0.2, 0.25) is 0 Å². The summed E-state index contributed by atoms with van der Waals surface area (Å²) in [5.74, 6) is 0.0525. The quantitative estimate of drug-likeness (QED) is 0.297. The highest BCUT2D eigenvalue weighted by molar-refractivity contribution is 14.1. The van der Waals surface area contributed by atoms with Crippen LogP contribution in [0.4, 0.5) is 0 Å². The lowest BCUT2D eigenvalue weighted by Gasteiger charge is -1.96. The Hall–Kier alpha value is 0.730. The standard InChI is InChI=1S/C3H8IN3.HI/c4-1-2-7-3(5)6;/h1-2H2,(H4,5,6,7);1H. The molecule has 0 unspecified atom stereocenters. The minimum Gasteiger partial charge on any atom is -0.370 e. The number of hydrogen-bond acceptors (Lipinski definition) is 1. The van der Waals surface area contributed by atoms with Crippen LogP contribution in [0.2, 0.25) is 0 Å². The van der Waals surface area contributed by atoms with Crippen molar-refractivity contribution in [3.63, 3.8) is 0 Å². The van der Waals surface area contributed by atoms with Crippen LogP contribution in [0.25, 0.3) is 0 Å². The fourth-order valence-corrected chi connectivity index (χ4v) is 0.452. The van der Waals surface area contributed by atoms with Crippen LogP contribution in [-0.4, -0.2) is 16.9 Å². The molecule has 0 aliphatic rings. The second kappa shape index (κ2) is 7.73. The molecule has 0 spiro atoms. The Labute approximate surface area is 79.4 Å². The molecule has 0 bridgehead atoms. The third kappa shape index (κ3) is 9.88. The molecule has 0 saturated carbocycles. The predicted octanol–water partition coefficient (Wildman–Crippen LogP) is 0.522. The third-order valence-electron chi connectivity index (χ3n) is 0.410. The summed E-state index contributed by atoms with van der Waals surface area (Å²) >= 11 is 2.21. The molecule has 0 rings (SSSR count). The van der Waals surface area contributed by atoms with Gasteiger partial charge in [0.1, 0.15) is 0 Å². The van der Waals surface area contributed by atoms with Gasteiger partial charge >= 0.3 is 0 Å². The Morgan fingerprint density at radius 2 is 2.25 bits per heavy atom. The van der Waals surface area contributed by atoms with Crippen LogP contribution in [0.5, 0.6) is 0 Å². The number of alkyl halides is 1. The van der Waals surface area contributed by atoms with Gasteiger partial charge in [0, 0.05) is 11.0 Å². The maximum atomic E-state index is 6.66. The van der Waals surface area contributed by atoms with Gasteiger partial charge in [-0.3, -0.25) is 5.41 Å². The van der Waals surface area contributed by atoms with Gasteiger partial charge in [-0.1, -0.05) is 22.6 Å². The van der Waals surface area contributed by atoms with Crippen molar-refractivity contribution in [1.29, 1.82) is 5.41 Å². The fraction of sp³-hybridized carbons (Fsp3) is 0.667. The van der Waals surface area contributed by atoms with Gasteiger partial charge in [-0.05, 0) is 0 Å². The molecule has 0 amide bonds. The van der Waals surface area contributed by atoms with E-state index in [1.807, 2.05) is 0 Å². The van der Waals surface area contributed by atoms with Crippen molar-refractivity contribution < 1.29 is 0 Å². The van der Waals surface area contributed by atoms with Crippen LogP contribution >= 0.6 is 46.6 Å². The summed E-state index contributed by atoms with van der Waals surface area (Å²) in [4.78, 5) is 0. The number of guanidine groups is 1. The molecule has 5 heteroatoms. The molecular weight excluding hydrogens is 332 g/mol. The minimum absolute atomic E-state index is 0. The van der Waals surface area contributed by atoms with E-state index in [0.717, 1.165) is 11.0 Å². The predicted molar refractivity (Wildman–Crippen MR) is 54.2 cm³/mol. The molecule has 0 aliphatic carbocycles. The van der Waals surface area contributed by atoms with Crippen molar-refractivity contribution in [2.24, 2.45) is 5.73 Å². The number of halogens is 2. The lowest BCUT2D eigenvalue weighted by Crippen LogP contribution is -2.31. The summed E-state index contributed by atoms with van der Waals surface area (Å²) in [5.41, 5.74) is 4.95. The van der Waals surface area contributed by atoms with Crippen LogP contribution < -0.4 is 11.1 Å². The zero-order valence-electron chi connectivity index (χ0n) is 4.28. The lowest BCUT2D eigenvalue weighted by molar-refractivity contribution is 0.965. The number of nitrogens with two attached hydrogens (primary N) is 1. The van der Waals surface area contributed by atoms with Crippen molar-refractivity contribution >= 4 is 52.5 Å². The monoisotopic (exact) mass is 341 g/mol. The zero-order chi connectivity index (χ0) is 5.70. The first-order chi connectivity index (χ1) is 3.27. The average molecular weight is 341 g/mol. The molecular formula is C3H9I2N3.